The van der Waals surface area contributed by atoms with Crippen LogP contribution in [0.4, 0.5) is 4.39 Å². The van der Waals surface area contributed by atoms with Gasteiger partial charge in [0.15, 0.2) is 0 Å². The second kappa shape index (κ2) is 3.84. The topological polar surface area (TPSA) is 15.6 Å². The molecule has 2 aliphatic heterocycles. The molecule has 0 radical (unpaired) electrons. The van der Waals surface area contributed by atoms with Crippen LogP contribution in [-0.2, 0) is 0 Å². The molecule has 0 spiro atoms. The van der Waals surface area contributed by atoms with Crippen LogP contribution in [0, 0.1) is 5.82 Å². The molecule has 2 aliphatic rings. The van der Waals surface area contributed by atoms with Gasteiger partial charge in [-0.3, -0.25) is 4.99 Å². The molecule has 3 heteroatoms. The van der Waals surface area contributed by atoms with Crippen molar-refractivity contribution in [1.82, 2.24) is 4.90 Å². The molecule has 0 amide bonds. The highest BCUT2D eigenvalue weighted by Gasteiger charge is 2.24. The van der Waals surface area contributed by atoms with Crippen molar-refractivity contribution >= 4 is 5.84 Å². The smallest absolute Gasteiger partial charge is 0.128 e. The number of nitrogens with zero attached hydrogens (tertiary/aromatic N) is 2. The molecule has 0 fully saturated rings. The van der Waals surface area contributed by atoms with Gasteiger partial charge in [-0.25, -0.2) is 4.39 Å². The van der Waals surface area contributed by atoms with Gasteiger partial charge in [-0.2, -0.15) is 0 Å². The Balaban J connectivity index is 1.87. The fourth-order valence-electron chi connectivity index (χ4n) is 2.17. The van der Waals surface area contributed by atoms with Crippen LogP contribution in [0.3, 0.4) is 0 Å². The van der Waals surface area contributed by atoms with Gasteiger partial charge in [-0.1, -0.05) is 18.2 Å². The highest BCUT2D eigenvalue weighted by molar-refractivity contribution is 5.96. The molecule has 0 saturated carbocycles. The first-order valence-corrected chi connectivity index (χ1v) is 5.69. The standard InChI is InChI=1S/C14H13FN2/c1-10-2-7-14-16-13(9-17(14)8-10)11-3-5-12(15)6-4-11/h2-8,13H,9H2,1H3. The van der Waals surface area contributed by atoms with Crippen LogP contribution in [-0.4, -0.2) is 17.3 Å². The van der Waals surface area contributed by atoms with E-state index in [1.54, 1.807) is 0 Å². The fraction of sp³-hybridized carbons (Fsp3) is 0.214. The molecule has 2 nitrogen and oxygen atoms in total. The molecule has 0 N–H and O–H groups in total. The molecule has 3 rings (SSSR count). The number of hydrogen-bond acceptors (Lipinski definition) is 2. The molecule has 1 atom stereocenters. The zero-order valence-corrected chi connectivity index (χ0v) is 9.60. The summed E-state index contributed by atoms with van der Waals surface area (Å²) in [4.78, 5) is 6.78. The van der Waals surface area contributed by atoms with Gasteiger partial charge >= 0.3 is 0 Å². The van der Waals surface area contributed by atoms with Crippen molar-refractivity contribution in [2.75, 3.05) is 6.54 Å². The number of fused-ring (bicyclic) bond motifs is 1. The molecule has 2 heterocycles. The molecule has 0 aliphatic carbocycles. The van der Waals surface area contributed by atoms with Crippen molar-refractivity contribution in [1.29, 1.82) is 0 Å². The first kappa shape index (κ1) is 10.3. The molecular formula is C14H13FN2. The number of benzene rings is 1. The third kappa shape index (κ3) is 1.88. The van der Waals surface area contributed by atoms with Gasteiger partial charge in [0.2, 0.25) is 0 Å². The predicted octanol–water partition coefficient (Wildman–Crippen LogP) is 3.05. The Morgan fingerprint density at radius 2 is 2.00 bits per heavy atom. The third-order valence-electron chi connectivity index (χ3n) is 3.06. The number of hydrogen-bond donors (Lipinski definition) is 0. The van der Waals surface area contributed by atoms with E-state index in [0.717, 1.165) is 17.9 Å². The van der Waals surface area contributed by atoms with Crippen LogP contribution in [0.15, 0.2) is 53.2 Å². The Kier molecular flexibility index (Phi) is 2.32. The number of halogens is 1. The van der Waals surface area contributed by atoms with Gasteiger partial charge in [0.25, 0.3) is 0 Å². The second-order valence-electron chi connectivity index (χ2n) is 4.41. The summed E-state index contributed by atoms with van der Waals surface area (Å²) in [5.74, 6) is 0.790. The summed E-state index contributed by atoms with van der Waals surface area (Å²) in [5.41, 5.74) is 2.29. The van der Waals surface area contributed by atoms with Crippen LogP contribution in [0.2, 0.25) is 0 Å². The van der Waals surface area contributed by atoms with Gasteiger partial charge in [0.1, 0.15) is 11.7 Å². The molecule has 17 heavy (non-hydrogen) atoms. The summed E-state index contributed by atoms with van der Waals surface area (Å²) >= 11 is 0. The number of aliphatic imine (C=N–C) groups is 1. The average Bonchev–Trinajstić information content (AvgIpc) is 2.72. The van der Waals surface area contributed by atoms with Crippen molar-refractivity contribution in [3.8, 4) is 0 Å². The molecule has 0 saturated heterocycles. The Morgan fingerprint density at radius 1 is 1.24 bits per heavy atom. The van der Waals surface area contributed by atoms with Gasteiger partial charge in [-0.05, 0) is 36.3 Å². The van der Waals surface area contributed by atoms with Crippen molar-refractivity contribution in [2.45, 2.75) is 13.0 Å². The Labute approximate surface area is 99.8 Å². The van der Waals surface area contributed by atoms with Crippen LogP contribution < -0.4 is 0 Å². The van der Waals surface area contributed by atoms with E-state index >= 15 is 0 Å². The minimum Gasteiger partial charge on any atom is -0.331 e. The zero-order valence-electron chi connectivity index (χ0n) is 9.60. The van der Waals surface area contributed by atoms with Gasteiger partial charge in [0.05, 0.1) is 12.6 Å². The van der Waals surface area contributed by atoms with E-state index in [-0.39, 0.29) is 11.9 Å². The number of amidine groups is 1. The Hall–Kier alpha value is -1.90. The van der Waals surface area contributed by atoms with Crippen LogP contribution in [0.25, 0.3) is 0 Å². The van der Waals surface area contributed by atoms with Crippen LogP contribution in [0.1, 0.15) is 18.5 Å². The predicted molar refractivity (Wildman–Crippen MR) is 66.2 cm³/mol. The molecule has 0 aromatic heterocycles. The lowest BCUT2D eigenvalue weighted by Gasteiger charge is -2.18. The number of allylic oxidation sites excluding steroid dienone is 2. The molecule has 1 aromatic rings. The highest BCUT2D eigenvalue weighted by Crippen LogP contribution is 2.27. The van der Waals surface area contributed by atoms with E-state index in [1.165, 1.54) is 17.7 Å². The average molecular weight is 228 g/mol. The summed E-state index contributed by atoms with van der Waals surface area (Å²) in [6.07, 6.45) is 6.18. The monoisotopic (exact) mass is 228 g/mol. The van der Waals surface area contributed by atoms with Gasteiger partial charge < -0.3 is 4.90 Å². The first-order chi connectivity index (χ1) is 8.22. The minimum absolute atomic E-state index is 0.109. The van der Waals surface area contributed by atoms with Crippen molar-refractivity contribution in [3.05, 3.63) is 59.6 Å². The summed E-state index contributed by atoms with van der Waals surface area (Å²) in [7, 11) is 0. The lowest BCUT2D eigenvalue weighted by atomic mass is 10.1. The number of rotatable bonds is 1. The Bertz CT molecular complexity index is 526. The fourth-order valence-corrected chi connectivity index (χ4v) is 2.17. The molecule has 86 valence electrons. The highest BCUT2D eigenvalue weighted by atomic mass is 19.1. The van der Waals surface area contributed by atoms with Crippen molar-refractivity contribution in [2.24, 2.45) is 4.99 Å². The lowest BCUT2D eigenvalue weighted by Crippen LogP contribution is -2.23. The maximum absolute atomic E-state index is 12.9. The van der Waals surface area contributed by atoms with Gasteiger partial charge in [0, 0.05) is 6.20 Å². The van der Waals surface area contributed by atoms with E-state index in [4.69, 9.17) is 0 Å². The van der Waals surface area contributed by atoms with E-state index in [9.17, 15) is 4.39 Å². The molecular weight excluding hydrogens is 215 g/mol. The summed E-state index contributed by atoms with van der Waals surface area (Å²) < 4.78 is 12.9. The maximum Gasteiger partial charge on any atom is 0.128 e. The van der Waals surface area contributed by atoms with E-state index in [0.29, 0.717) is 0 Å². The summed E-state index contributed by atoms with van der Waals surface area (Å²) in [6, 6.07) is 6.71. The lowest BCUT2D eigenvalue weighted by molar-refractivity contribution is 0.545. The SMILES string of the molecule is CC1=CN2CC(c3ccc(F)cc3)N=C2C=C1. The quantitative estimate of drug-likeness (QED) is 0.721. The van der Waals surface area contributed by atoms with Crippen molar-refractivity contribution in [3.63, 3.8) is 0 Å². The summed E-state index contributed by atoms with van der Waals surface area (Å²) in [5, 5.41) is 0. The second-order valence-corrected chi connectivity index (χ2v) is 4.41. The third-order valence-corrected chi connectivity index (χ3v) is 3.06. The van der Waals surface area contributed by atoms with E-state index in [2.05, 4.69) is 29.1 Å². The largest absolute Gasteiger partial charge is 0.331 e. The zero-order chi connectivity index (χ0) is 11.8. The van der Waals surface area contributed by atoms with E-state index < -0.39 is 0 Å². The Morgan fingerprint density at radius 3 is 2.76 bits per heavy atom. The van der Waals surface area contributed by atoms with Crippen molar-refractivity contribution < 1.29 is 4.39 Å². The summed E-state index contributed by atoms with van der Waals surface area (Å²) in [6.45, 7) is 2.90. The van der Waals surface area contributed by atoms with E-state index in [1.807, 2.05) is 18.2 Å². The molecule has 1 unspecified atom stereocenters. The van der Waals surface area contributed by atoms with Crippen LogP contribution in [0.5, 0.6) is 0 Å². The maximum atomic E-state index is 12.9. The van der Waals surface area contributed by atoms with Crippen LogP contribution >= 0.6 is 0 Å². The first-order valence-electron chi connectivity index (χ1n) is 5.69. The normalized spacial score (nSPS) is 22.2. The molecule has 1 aromatic carbocycles. The van der Waals surface area contributed by atoms with Gasteiger partial charge in [-0.15, -0.1) is 0 Å². The molecule has 0 bridgehead atoms. The minimum atomic E-state index is -0.201.